The maximum atomic E-state index is 12.3. The zero-order valence-corrected chi connectivity index (χ0v) is 18.2. The summed E-state index contributed by atoms with van der Waals surface area (Å²) < 4.78 is 5.07. The Morgan fingerprint density at radius 2 is 1.50 bits per heavy atom. The first-order valence-electron chi connectivity index (χ1n) is 10.1. The molecular weight excluding hydrogens is 408 g/mol. The van der Waals surface area contributed by atoms with E-state index in [2.05, 4.69) is 21.3 Å². The molecule has 3 rings (SSSR count). The standard InChI is InChI=1S/C24H26N4O4/c1-24(2,3)28-22(30)16-9-11-17(12-10-16)25-15-21(29)26-18-6-4-7-19(14-18)27-23(31)20-8-5-13-32-20/h4-14,25H,15H2,1-3H3,(H,26,29)(H,27,31)(H,28,30). The summed E-state index contributed by atoms with van der Waals surface area (Å²) >= 11 is 0. The molecule has 0 bridgehead atoms. The Morgan fingerprint density at radius 1 is 0.812 bits per heavy atom. The zero-order valence-electron chi connectivity index (χ0n) is 18.2. The second kappa shape index (κ2) is 9.82. The molecule has 1 aromatic heterocycles. The summed E-state index contributed by atoms with van der Waals surface area (Å²) in [5.41, 5.74) is 2.02. The third kappa shape index (κ3) is 6.73. The van der Waals surface area contributed by atoms with Gasteiger partial charge in [0, 0.05) is 28.2 Å². The van der Waals surface area contributed by atoms with Crippen molar-refractivity contribution in [2.24, 2.45) is 0 Å². The number of amides is 3. The molecule has 0 spiro atoms. The molecule has 0 aliphatic heterocycles. The molecule has 166 valence electrons. The molecule has 8 heteroatoms. The van der Waals surface area contributed by atoms with Gasteiger partial charge in [-0.1, -0.05) is 6.07 Å². The Kier molecular flexibility index (Phi) is 6.94. The molecule has 0 aliphatic rings. The average molecular weight is 434 g/mol. The van der Waals surface area contributed by atoms with E-state index in [0.29, 0.717) is 22.6 Å². The average Bonchev–Trinajstić information content (AvgIpc) is 3.27. The Bertz CT molecular complexity index is 1080. The van der Waals surface area contributed by atoms with E-state index < -0.39 is 0 Å². The van der Waals surface area contributed by atoms with Crippen molar-refractivity contribution in [3.05, 3.63) is 78.3 Å². The summed E-state index contributed by atoms with van der Waals surface area (Å²) in [5, 5.41) is 11.4. The molecule has 3 aromatic rings. The fourth-order valence-electron chi connectivity index (χ4n) is 2.81. The second-order valence-electron chi connectivity index (χ2n) is 8.20. The van der Waals surface area contributed by atoms with Gasteiger partial charge in [0.25, 0.3) is 11.8 Å². The van der Waals surface area contributed by atoms with Crippen LogP contribution in [0, 0.1) is 0 Å². The van der Waals surface area contributed by atoms with E-state index in [1.807, 2.05) is 20.8 Å². The van der Waals surface area contributed by atoms with Gasteiger partial charge >= 0.3 is 0 Å². The van der Waals surface area contributed by atoms with E-state index in [1.165, 1.54) is 6.26 Å². The number of hydrogen-bond acceptors (Lipinski definition) is 5. The van der Waals surface area contributed by atoms with Gasteiger partial charge in [-0.15, -0.1) is 0 Å². The summed E-state index contributed by atoms with van der Waals surface area (Å²) in [5.74, 6) is -0.583. The molecule has 4 N–H and O–H groups in total. The Morgan fingerprint density at radius 3 is 2.12 bits per heavy atom. The van der Waals surface area contributed by atoms with Gasteiger partial charge in [0.2, 0.25) is 5.91 Å². The lowest BCUT2D eigenvalue weighted by Crippen LogP contribution is -2.40. The minimum absolute atomic E-state index is 0.0382. The molecule has 0 saturated heterocycles. The van der Waals surface area contributed by atoms with Gasteiger partial charge in [-0.05, 0) is 75.4 Å². The topological polar surface area (TPSA) is 112 Å². The van der Waals surface area contributed by atoms with Gasteiger partial charge in [-0.25, -0.2) is 0 Å². The monoisotopic (exact) mass is 434 g/mol. The second-order valence-corrected chi connectivity index (χ2v) is 8.20. The quantitative estimate of drug-likeness (QED) is 0.447. The van der Waals surface area contributed by atoms with Crippen LogP contribution in [0.4, 0.5) is 17.1 Å². The van der Waals surface area contributed by atoms with Gasteiger partial charge in [0.05, 0.1) is 12.8 Å². The predicted molar refractivity (Wildman–Crippen MR) is 124 cm³/mol. The molecule has 0 atom stereocenters. The van der Waals surface area contributed by atoms with E-state index >= 15 is 0 Å². The van der Waals surface area contributed by atoms with Gasteiger partial charge in [-0.2, -0.15) is 0 Å². The highest BCUT2D eigenvalue weighted by Crippen LogP contribution is 2.17. The third-order valence-electron chi connectivity index (χ3n) is 4.24. The molecule has 8 nitrogen and oxygen atoms in total. The number of furan rings is 1. The highest BCUT2D eigenvalue weighted by Gasteiger charge is 2.15. The van der Waals surface area contributed by atoms with Gasteiger partial charge < -0.3 is 25.7 Å². The van der Waals surface area contributed by atoms with E-state index in [9.17, 15) is 14.4 Å². The Labute approximate surface area is 186 Å². The van der Waals surface area contributed by atoms with Crippen molar-refractivity contribution in [2.45, 2.75) is 26.3 Å². The molecule has 0 aliphatic carbocycles. The third-order valence-corrected chi connectivity index (χ3v) is 4.24. The maximum Gasteiger partial charge on any atom is 0.291 e. The smallest absolute Gasteiger partial charge is 0.291 e. The van der Waals surface area contributed by atoms with Crippen LogP contribution in [-0.2, 0) is 4.79 Å². The number of rotatable bonds is 7. The summed E-state index contributed by atoms with van der Waals surface area (Å²) in [6.45, 7) is 5.79. The first-order chi connectivity index (χ1) is 15.2. The highest BCUT2D eigenvalue weighted by atomic mass is 16.3. The maximum absolute atomic E-state index is 12.3. The Hall–Kier alpha value is -4.07. The van der Waals surface area contributed by atoms with Crippen LogP contribution in [0.15, 0.2) is 71.3 Å². The molecule has 0 unspecified atom stereocenters. The van der Waals surface area contributed by atoms with E-state index in [0.717, 1.165) is 0 Å². The van der Waals surface area contributed by atoms with Crippen molar-refractivity contribution < 1.29 is 18.8 Å². The van der Waals surface area contributed by atoms with Crippen molar-refractivity contribution in [1.29, 1.82) is 0 Å². The summed E-state index contributed by atoms with van der Waals surface area (Å²) in [7, 11) is 0. The minimum atomic E-state index is -0.375. The van der Waals surface area contributed by atoms with Crippen LogP contribution in [0.2, 0.25) is 0 Å². The molecule has 0 radical (unpaired) electrons. The number of carbonyl (C=O) groups is 3. The number of anilines is 3. The lowest BCUT2D eigenvalue weighted by atomic mass is 10.1. The number of nitrogens with one attached hydrogen (secondary N) is 4. The molecule has 0 saturated carbocycles. The van der Waals surface area contributed by atoms with Crippen molar-refractivity contribution >= 4 is 34.8 Å². The van der Waals surface area contributed by atoms with Gasteiger partial charge in [0.1, 0.15) is 0 Å². The first kappa shape index (κ1) is 22.6. The molecule has 2 aromatic carbocycles. The van der Waals surface area contributed by atoms with Crippen molar-refractivity contribution in [3.8, 4) is 0 Å². The van der Waals surface area contributed by atoms with Crippen LogP contribution in [0.5, 0.6) is 0 Å². The van der Waals surface area contributed by atoms with Crippen LogP contribution in [0.3, 0.4) is 0 Å². The van der Waals surface area contributed by atoms with E-state index in [-0.39, 0.29) is 35.6 Å². The minimum Gasteiger partial charge on any atom is -0.459 e. The number of carbonyl (C=O) groups excluding carboxylic acids is 3. The SMILES string of the molecule is CC(C)(C)NC(=O)c1ccc(NCC(=O)Nc2cccc(NC(=O)c3ccco3)c2)cc1. The van der Waals surface area contributed by atoms with E-state index in [1.54, 1.807) is 60.7 Å². The molecular formula is C24H26N4O4. The molecule has 3 amide bonds. The van der Waals surface area contributed by atoms with Crippen LogP contribution in [0.1, 0.15) is 41.7 Å². The normalized spacial score (nSPS) is 10.8. The largest absolute Gasteiger partial charge is 0.459 e. The summed E-state index contributed by atoms with van der Waals surface area (Å²) in [6.07, 6.45) is 1.42. The van der Waals surface area contributed by atoms with Crippen molar-refractivity contribution in [3.63, 3.8) is 0 Å². The van der Waals surface area contributed by atoms with Gasteiger partial charge in [-0.3, -0.25) is 14.4 Å². The lowest BCUT2D eigenvalue weighted by molar-refractivity contribution is -0.114. The predicted octanol–water partition coefficient (Wildman–Crippen LogP) is 4.11. The van der Waals surface area contributed by atoms with Crippen molar-refractivity contribution in [1.82, 2.24) is 5.32 Å². The van der Waals surface area contributed by atoms with Gasteiger partial charge in [0.15, 0.2) is 5.76 Å². The van der Waals surface area contributed by atoms with Crippen LogP contribution < -0.4 is 21.3 Å². The zero-order chi connectivity index (χ0) is 23.1. The van der Waals surface area contributed by atoms with Crippen LogP contribution in [0.25, 0.3) is 0 Å². The Balaban J connectivity index is 1.50. The lowest BCUT2D eigenvalue weighted by Gasteiger charge is -2.20. The fourth-order valence-corrected chi connectivity index (χ4v) is 2.81. The molecule has 1 heterocycles. The van der Waals surface area contributed by atoms with Crippen LogP contribution in [-0.4, -0.2) is 29.8 Å². The molecule has 32 heavy (non-hydrogen) atoms. The number of benzene rings is 2. The highest BCUT2D eigenvalue weighted by molar-refractivity contribution is 6.03. The molecule has 0 fully saturated rings. The summed E-state index contributed by atoms with van der Waals surface area (Å²) in [6, 6.07) is 16.9. The first-order valence-corrected chi connectivity index (χ1v) is 10.1. The fraction of sp³-hybridized carbons (Fsp3) is 0.208. The number of hydrogen-bond donors (Lipinski definition) is 4. The summed E-state index contributed by atoms with van der Waals surface area (Å²) in [4.78, 5) is 36.5. The van der Waals surface area contributed by atoms with Crippen molar-refractivity contribution in [2.75, 3.05) is 22.5 Å². The van der Waals surface area contributed by atoms with Crippen LogP contribution >= 0.6 is 0 Å². The van der Waals surface area contributed by atoms with E-state index in [4.69, 9.17) is 4.42 Å².